The van der Waals surface area contributed by atoms with E-state index in [-0.39, 0.29) is 11.6 Å². The molecule has 6 heteroatoms. The summed E-state index contributed by atoms with van der Waals surface area (Å²) in [6, 6.07) is 1.88. The van der Waals surface area contributed by atoms with Crippen LogP contribution in [0.15, 0.2) is 11.6 Å². The van der Waals surface area contributed by atoms with Crippen LogP contribution in [0.4, 0.5) is 4.79 Å². The van der Waals surface area contributed by atoms with Crippen molar-refractivity contribution in [3.8, 4) is 0 Å². The van der Waals surface area contributed by atoms with Gasteiger partial charge < -0.3 is 4.57 Å². The van der Waals surface area contributed by atoms with Gasteiger partial charge in [-0.2, -0.15) is 0 Å². The molecule has 0 atom stereocenters. The molecule has 2 aliphatic carbocycles. The van der Waals surface area contributed by atoms with Crippen molar-refractivity contribution in [1.29, 1.82) is 0 Å². The molecule has 6 nitrogen and oxygen atoms in total. The van der Waals surface area contributed by atoms with Gasteiger partial charge in [-0.05, 0) is 57.2 Å². The first kappa shape index (κ1) is 17.1. The van der Waals surface area contributed by atoms with Crippen molar-refractivity contribution in [1.82, 2.24) is 14.8 Å². The molecule has 2 saturated carbocycles. The van der Waals surface area contributed by atoms with Gasteiger partial charge >= 0.3 is 6.03 Å². The predicted octanol–water partition coefficient (Wildman–Crippen LogP) is 3.23. The standard InChI is InChI=1S/C20H25N3O3/c1-12-10-14(13(2)22(12)16-8-9-16)11-17-18(24)21-20(26)23(19(17)25)15-6-4-3-5-7-15/h10-11,15-16H,3-9H2,1-2H3,(H,21,24,26)/b17-11-. The van der Waals surface area contributed by atoms with Crippen molar-refractivity contribution >= 4 is 23.9 Å². The van der Waals surface area contributed by atoms with Crippen LogP contribution < -0.4 is 5.32 Å². The summed E-state index contributed by atoms with van der Waals surface area (Å²) in [7, 11) is 0. The zero-order valence-electron chi connectivity index (χ0n) is 15.4. The molecule has 4 amide bonds. The van der Waals surface area contributed by atoms with E-state index in [1.165, 1.54) is 17.7 Å². The minimum Gasteiger partial charge on any atom is -0.346 e. The average Bonchev–Trinajstić information content (AvgIpc) is 3.39. The van der Waals surface area contributed by atoms with E-state index in [4.69, 9.17) is 0 Å². The topological polar surface area (TPSA) is 71.4 Å². The first-order chi connectivity index (χ1) is 12.5. The van der Waals surface area contributed by atoms with Gasteiger partial charge in [-0.3, -0.25) is 19.8 Å². The highest BCUT2D eigenvalue weighted by Crippen LogP contribution is 2.39. The molecule has 1 aromatic rings. The van der Waals surface area contributed by atoms with Crippen LogP contribution in [0.2, 0.25) is 0 Å². The molecule has 1 N–H and O–H groups in total. The molecule has 0 spiro atoms. The molecule has 138 valence electrons. The van der Waals surface area contributed by atoms with Gasteiger partial charge in [0.05, 0.1) is 0 Å². The molecular weight excluding hydrogens is 330 g/mol. The molecule has 4 rings (SSSR count). The molecule has 3 aliphatic rings. The van der Waals surface area contributed by atoms with Crippen molar-refractivity contribution in [2.24, 2.45) is 0 Å². The van der Waals surface area contributed by atoms with E-state index in [9.17, 15) is 14.4 Å². The van der Waals surface area contributed by atoms with Crippen molar-refractivity contribution in [2.45, 2.75) is 70.9 Å². The summed E-state index contributed by atoms with van der Waals surface area (Å²) in [6.45, 7) is 4.07. The second-order valence-corrected chi connectivity index (χ2v) is 7.71. The zero-order valence-corrected chi connectivity index (χ0v) is 15.4. The van der Waals surface area contributed by atoms with E-state index in [2.05, 4.69) is 9.88 Å². The monoisotopic (exact) mass is 355 g/mol. The maximum atomic E-state index is 13.0. The van der Waals surface area contributed by atoms with Crippen molar-refractivity contribution in [3.63, 3.8) is 0 Å². The lowest BCUT2D eigenvalue weighted by molar-refractivity contribution is -0.132. The number of nitrogens with zero attached hydrogens (tertiary/aromatic N) is 2. The molecule has 0 bridgehead atoms. The van der Waals surface area contributed by atoms with Gasteiger partial charge in [0, 0.05) is 23.5 Å². The molecule has 0 unspecified atom stereocenters. The molecule has 1 aromatic heterocycles. The Morgan fingerprint density at radius 1 is 1.00 bits per heavy atom. The van der Waals surface area contributed by atoms with Crippen molar-refractivity contribution in [2.75, 3.05) is 0 Å². The first-order valence-electron chi connectivity index (χ1n) is 9.56. The molecule has 2 heterocycles. The molecule has 0 aromatic carbocycles. The van der Waals surface area contributed by atoms with Crippen LogP contribution in [0.5, 0.6) is 0 Å². The number of rotatable bonds is 3. The lowest BCUT2D eigenvalue weighted by Gasteiger charge is -2.35. The summed E-state index contributed by atoms with van der Waals surface area (Å²) in [5.74, 6) is -1.05. The fraction of sp³-hybridized carbons (Fsp3) is 0.550. The van der Waals surface area contributed by atoms with E-state index >= 15 is 0 Å². The number of amides is 4. The zero-order chi connectivity index (χ0) is 18.4. The Morgan fingerprint density at radius 2 is 1.69 bits per heavy atom. The Labute approximate surface area is 153 Å². The maximum Gasteiger partial charge on any atom is 0.331 e. The van der Waals surface area contributed by atoms with E-state index in [0.717, 1.165) is 49.1 Å². The van der Waals surface area contributed by atoms with E-state index in [1.807, 2.05) is 19.9 Å². The highest BCUT2D eigenvalue weighted by Gasteiger charge is 2.40. The fourth-order valence-electron chi connectivity index (χ4n) is 4.34. The Bertz CT molecular complexity index is 811. The molecular formula is C20H25N3O3. The highest BCUT2D eigenvalue weighted by molar-refractivity contribution is 6.31. The number of carbonyl (C=O) groups is 3. The van der Waals surface area contributed by atoms with Gasteiger partial charge in [0.25, 0.3) is 11.8 Å². The predicted molar refractivity (Wildman–Crippen MR) is 97.4 cm³/mol. The smallest absolute Gasteiger partial charge is 0.331 e. The number of carbonyl (C=O) groups excluding carboxylic acids is 3. The van der Waals surface area contributed by atoms with Gasteiger partial charge in [-0.25, -0.2) is 4.79 Å². The number of aromatic nitrogens is 1. The van der Waals surface area contributed by atoms with Gasteiger partial charge in [-0.15, -0.1) is 0 Å². The van der Waals surface area contributed by atoms with Crippen molar-refractivity contribution in [3.05, 3.63) is 28.6 Å². The second kappa shape index (κ2) is 6.41. The third kappa shape index (κ3) is 2.87. The molecule has 1 aliphatic heterocycles. The Morgan fingerprint density at radius 3 is 2.35 bits per heavy atom. The van der Waals surface area contributed by atoms with E-state index in [0.29, 0.717) is 6.04 Å². The number of hydrogen-bond acceptors (Lipinski definition) is 3. The number of hydrogen-bond donors (Lipinski definition) is 1. The van der Waals surface area contributed by atoms with Crippen LogP contribution in [0.3, 0.4) is 0 Å². The number of imide groups is 2. The van der Waals surface area contributed by atoms with E-state index in [1.54, 1.807) is 6.08 Å². The van der Waals surface area contributed by atoms with Gasteiger partial charge in [0.1, 0.15) is 5.57 Å². The summed E-state index contributed by atoms with van der Waals surface area (Å²) >= 11 is 0. The Hall–Kier alpha value is -2.37. The fourth-order valence-corrected chi connectivity index (χ4v) is 4.34. The minimum absolute atomic E-state index is 0.0613. The summed E-state index contributed by atoms with van der Waals surface area (Å²) in [6.07, 6.45) is 8.80. The summed E-state index contributed by atoms with van der Waals surface area (Å²) < 4.78 is 2.28. The minimum atomic E-state index is -0.594. The number of barbiturate groups is 1. The molecule has 0 radical (unpaired) electrons. The molecule has 1 saturated heterocycles. The van der Waals surface area contributed by atoms with E-state index < -0.39 is 17.8 Å². The number of urea groups is 1. The lowest BCUT2D eigenvalue weighted by atomic mass is 9.93. The van der Waals surface area contributed by atoms with Crippen LogP contribution in [-0.2, 0) is 9.59 Å². The largest absolute Gasteiger partial charge is 0.346 e. The number of aryl methyl sites for hydroxylation is 1. The summed E-state index contributed by atoms with van der Waals surface area (Å²) in [4.78, 5) is 38.9. The van der Waals surface area contributed by atoms with Crippen LogP contribution >= 0.6 is 0 Å². The van der Waals surface area contributed by atoms with Crippen LogP contribution in [0, 0.1) is 13.8 Å². The van der Waals surface area contributed by atoms with Crippen LogP contribution in [0.25, 0.3) is 6.08 Å². The van der Waals surface area contributed by atoms with Crippen LogP contribution in [-0.4, -0.2) is 33.4 Å². The normalized spacial score (nSPS) is 23.7. The van der Waals surface area contributed by atoms with Crippen LogP contribution in [0.1, 0.15) is 67.9 Å². The summed E-state index contributed by atoms with van der Waals surface area (Å²) in [5, 5.41) is 2.36. The average molecular weight is 355 g/mol. The third-order valence-electron chi connectivity index (χ3n) is 5.81. The Kier molecular flexibility index (Phi) is 4.21. The van der Waals surface area contributed by atoms with Crippen molar-refractivity contribution < 1.29 is 14.4 Å². The third-order valence-corrected chi connectivity index (χ3v) is 5.81. The highest BCUT2D eigenvalue weighted by atomic mass is 16.2. The van der Waals surface area contributed by atoms with Gasteiger partial charge in [-0.1, -0.05) is 19.3 Å². The molecule has 26 heavy (non-hydrogen) atoms. The summed E-state index contributed by atoms with van der Waals surface area (Å²) in [5.41, 5.74) is 3.15. The second-order valence-electron chi connectivity index (χ2n) is 7.71. The first-order valence-corrected chi connectivity index (χ1v) is 9.56. The van der Waals surface area contributed by atoms with Gasteiger partial charge in [0.15, 0.2) is 0 Å². The Balaban J connectivity index is 1.67. The lowest BCUT2D eigenvalue weighted by Crippen LogP contribution is -2.58. The number of nitrogens with one attached hydrogen (secondary N) is 1. The quantitative estimate of drug-likeness (QED) is 0.668. The molecule has 3 fully saturated rings. The SMILES string of the molecule is Cc1cc(/C=C2/C(=O)NC(=O)N(C3CCCCC3)C2=O)c(C)n1C1CC1. The van der Waals surface area contributed by atoms with Gasteiger partial charge in [0.2, 0.25) is 0 Å². The maximum absolute atomic E-state index is 13.0.